The second-order valence-corrected chi connectivity index (χ2v) is 3.71. The first-order valence-corrected chi connectivity index (χ1v) is 4.90. The molecule has 15 heavy (non-hydrogen) atoms. The van der Waals surface area contributed by atoms with Crippen molar-refractivity contribution in [3.05, 3.63) is 58.5 Å². The monoisotopic (exact) mass is 220 g/mol. The second-order valence-electron chi connectivity index (χ2n) is 3.27. The van der Waals surface area contributed by atoms with E-state index in [2.05, 4.69) is 0 Å². The number of carbonyl (C=O) groups excluding carboxylic acids is 1. The predicted octanol–water partition coefficient (Wildman–Crippen LogP) is 3.47. The van der Waals surface area contributed by atoms with Gasteiger partial charge in [0.1, 0.15) is 0 Å². The summed E-state index contributed by atoms with van der Waals surface area (Å²) < 4.78 is 5.13. The number of carbonyl (C=O) groups is 1. The van der Waals surface area contributed by atoms with E-state index in [1.807, 2.05) is 6.92 Å². The molecule has 2 rings (SSSR count). The SMILES string of the molecule is Cc1ccoc1C(=O)c1cccc(Cl)c1. The van der Waals surface area contributed by atoms with Gasteiger partial charge in [-0.05, 0) is 30.7 Å². The number of halogens is 1. The van der Waals surface area contributed by atoms with Gasteiger partial charge in [-0.2, -0.15) is 0 Å². The smallest absolute Gasteiger partial charge is 0.228 e. The van der Waals surface area contributed by atoms with E-state index in [0.717, 1.165) is 5.56 Å². The Balaban J connectivity index is 2.41. The predicted molar refractivity (Wildman–Crippen MR) is 58.3 cm³/mol. The summed E-state index contributed by atoms with van der Waals surface area (Å²) in [5.41, 5.74) is 1.38. The van der Waals surface area contributed by atoms with Gasteiger partial charge in [0.25, 0.3) is 0 Å². The van der Waals surface area contributed by atoms with Crippen molar-refractivity contribution in [1.29, 1.82) is 0 Å². The molecule has 2 nitrogen and oxygen atoms in total. The van der Waals surface area contributed by atoms with E-state index in [4.69, 9.17) is 16.0 Å². The summed E-state index contributed by atoms with van der Waals surface area (Å²) in [5.74, 6) is 0.234. The first-order chi connectivity index (χ1) is 7.18. The third-order valence-corrected chi connectivity index (χ3v) is 2.39. The van der Waals surface area contributed by atoms with E-state index in [1.165, 1.54) is 6.26 Å². The Morgan fingerprint density at radius 1 is 1.33 bits per heavy atom. The van der Waals surface area contributed by atoms with Gasteiger partial charge in [-0.15, -0.1) is 0 Å². The Morgan fingerprint density at radius 3 is 2.73 bits per heavy atom. The number of hydrogen-bond donors (Lipinski definition) is 0. The van der Waals surface area contributed by atoms with Gasteiger partial charge in [0.15, 0.2) is 5.76 Å². The van der Waals surface area contributed by atoms with Crippen molar-refractivity contribution in [3.63, 3.8) is 0 Å². The van der Waals surface area contributed by atoms with Crippen LogP contribution in [-0.2, 0) is 0 Å². The molecular formula is C12H9ClO2. The Morgan fingerprint density at radius 2 is 2.13 bits per heavy atom. The van der Waals surface area contributed by atoms with Crippen molar-refractivity contribution in [2.45, 2.75) is 6.92 Å². The minimum Gasteiger partial charge on any atom is -0.461 e. The second kappa shape index (κ2) is 3.91. The summed E-state index contributed by atoms with van der Waals surface area (Å²) in [5, 5.41) is 0.546. The van der Waals surface area contributed by atoms with Crippen LogP contribution in [0.25, 0.3) is 0 Å². The summed E-state index contributed by atoms with van der Waals surface area (Å²) >= 11 is 5.81. The molecule has 0 saturated heterocycles. The van der Waals surface area contributed by atoms with E-state index in [0.29, 0.717) is 16.3 Å². The maximum absolute atomic E-state index is 11.9. The molecule has 2 aromatic rings. The van der Waals surface area contributed by atoms with Gasteiger partial charge in [-0.1, -0.05) is 23.7 Å². The van der Waals surface area contributed by atoms with E-state index < -0.39 is 0 Å². The number of ketones is 1. The quantitative estimate of drug-likeness (QED) is 0.726. The molecule has 3 heteroatoms. The first-order valence-electron chi connectivity index (χ1n) is 4.53. The Labute approximate surface area is 92.5 Å². The van der Waals surface area contributed by atoms with E-state index in [9.17, 15) is 4.79 Å². The van der Waals surface area contributed by atoms with Crippen molar-refractivity contribution in [3.8, 4) is 0 Å². The maximum Gasteiger partial charge on any atom is 0.228 e. The highest BCUT2D eigenvalue weighted by Crippen LogP contribution is 2.17. The van der Waals surface area contributed by atoms with Gasteiger partial charge < -0.3 is 4.42 Å². The van der Waals surface area contributed by atoms with Crippen LogP contribution in [0.5, 0.6) is 0 Å². The summed E-state index contributed by atoms with van der Waals surface area (Å²) in [4.78, 5) is 11.9. The largest absolute Gasteiger partial charge is 0.461 e. The lowest BCUT2D eigenvalue weighted by atomic mass is 10.1. The molecule has 1 heterocycles. The molecule has 0 amide bonds. The van der Waals surface area contributed by atoms with Crippen molar-refractivity contribution in [2.24, 2.45) is 0 Å². The van der Waals surface area contributed by atoms with Crippen LogP contribution in [0.1, 0.15) is 21.7 Å². The Kier molecular flexibility index (Phi) is 2.60. The number of benzene rings is 1. The highest BCUT2D eigenvalue weighted by atomic mass is 35.5. The first kappa shape index (κ1) is 9.99. The molecule has 76 valence electrons. The number of rotatable bonds is 2. The Bertz CT molecular complexity index is 500. The summed E-state index contributed by atoms with van der Waals surface area (Å²) in [6.45, 7) is 1.83. The highest BCUT2D eigenvalue weighted by molar-refractivity contribution is 6.31. The molecule has 0 aliphatic rings. The fourth-order valence-electron chi connectivity index (χ4n) is 1.37. The average molecular weight is 221 g/mol. The number of hydrogen-bond acceptors (Lipinski definition) is 2. The molecule has 0 aliphatic heterocycles. The van der Waals surface area contributed by atoms with Crippen LogP contribution < -0.4 is 0 Å². The van der Waals surface area contributed by atoms with Gasteiger partial charge in [0.05, 0.1) is 6.26 Å². The summed E-state index contributed by atoms with van der Waals surface area (Å²) in [7, 11) is 0. The lowest BCUT2D eigenvalue weighted by Gasteiger charge is -1.99. The molecule has 0 aliphatic carbocycles. The molecule has 0 unspecified atom stereocenters. The van der Waals surface area contributed by atoms with Gasteiger partial charge in [-0.3, -0.25) is 4.79 Å². The number of furan rings is 1. The standard InChI is InChI=1S/C12H9ClO2/c1-8-5-6-15-12(8)11(14)9-3-2-4-10(13)7-9/h2-7H,1H3. The normalized spacial score (nSPS) is 10.3. The molecule has 1 aromatic carbocycles. The van der Waals surface area contributed by atoms with Gasteiger partial charge >= 0.3 is 0 Å². The zero-order valence-electron chi connectivity index (χ0n) is 8.16. The van der Waals surface area contributed by atoms with E-state index >= 15 is 0 Å². The van der Waals surface area contributed by atoms with Crippen molar-refractivity contribution >= 4 is 17.4 Å². The zero-order valence-corrected chi connectivity index (χ0v) is 8.91. The summed E-state index contributed by atoms with van der Waals surface area (Å²) in [6, 6.07) is 8.58. The third-order valence-electron chi connectivity index (χ3n) is 2.16. The molecule has 0 N–H and O–H groups in total. The topological polar surface area (TPSA) is 30.2 Å². The maximum atomic E-state index is 11.9. The number of aryl methyl sites for hydroxylation is 1. The molecule has 0 saturated carbocycles. The lowest BCUT2D eigenvalue weighted by molar-refractivity contribution is 0.101. The average Bonchev–Trinajstić information content (AvgIpc) is 2.63. The molecule has 0 radical (unpaired) electrons. The molecule has 0 fully saturated rings. The van der Waals surface area contributed by atoms with E-state index in [1.54, 1.807) is 30.3 Å². The fraction of sp³-hybridized carbons (Fsp3) is 0.0833. The lowest BCUT2D eigenvalue weighted by Crippen LogP contribution is -2.00. The molecular weight excluding hydrogens is 212 g/mol. The van der Waals surface area contributed by atoms with Crippen LogP contribution in [0.15, 0.2) is 41.0 Å². The van der Waals surface area contributed by atoms with Crippen LogP contribution in [0.2, 0.25) is 5.02 Å². The summed E-state index contributed by atoms with van der Waals surface area (Å²) in [6.07, 6.45) is 1.51. The minimum atomic E-state index is -0.139. The highest BCUT2D eigenvalue weighted by Gasteiger charge is 2.14. The molecule has 0 bridgehead atoms. The van der Waals surface area contributed by atoms with Crippen LogP contribution in [0, 0.1) is 6.92 Å². The molecule has 1 aromatic heterocycles. The Hall–Kier alpha value is -1.54. The van der Waals surface area contributed by atoms with Crippen LogP contribution in [0.3, 0.4) is 0 Å². The zero-order chi connectivity index (χ0) is 10.8. The van der Waals surface area contributed by atoms with Crippen molar-refractivity contribution in [1.82, 2.24) is 0 Å². The third kappa shape index (κ3) is 1.95. The molecule has 0 spiro atoms. The van der Waals surface area contributed by atoms with Crippen molar-refractivity contribution < 1.29 is 9.21 Å². The van der Waals surface area contributed by atoms with Gasteiger partial charge in [0, 0.05) is 10.6 Å². The minimum absolute atomic E-state index is 0.139. The van der Waals surface area contributed by atoms with Crippen LogP contribution >= 0.6 is 11.6 Å². The van der Waals surface area contributed by atoms with Crippen LogP contribution in [-0.4, -0.2) is 5.78 Å². The van der Waals surface area contributed by atoms with Crippen LogP contribution in [0.4, 0.5) is 0 Å². The fourth-order valence-corrected chi connectivity index (χ4v) is 1.56. The van der Waals surface area contributed by atoms with Crippen molar-refractivity contribution in [2.75, 3.05) is 0 Å². The van der Waals surface area contributed by atoms with Gasteiger partial charge in [-0.25, -0.2) is 0 Å². The molecule has 0 atom stereocenters. The van der Waals surface area contributed by atoms with Gasteiger partial charge in [0.2, 0.25) is 5.78 Å². The van der Waals surface area contributed by atoms with E-state index in [-0.39, 0.29) is 5.78 Å².